The highest BCUT2D eigenvalue weighted by molar-refractivity contribution is 6.29. The zero-order valence-corrected chi connectivity index (χ0v) is 11.6. The molecule has 0 spiro atoms. The van der Waals surface area contributed by atoms with Gasteiger partial charge in [0.2, 0.25) is 0 Å². The van der Waals surface area contributed by atoms with Crippen molar-refractivity contribution >= 4 is 17.3 Å². The number of fused-ring (bicyclic) bond motifs is 1. The largest absolute Gasteiger partial charge is 0.381 e. The number of aromatic nitrogens is 1. The fraction of sp³-hybridized carbons (Fsp3) is 0.643. The van der Waals surface area contributed by atoms with E-state index in [0.717, 1.165) is 12.3 Å². The lowest BCUT2D eigenvalue weighted by molar-refractivity contribution is -0.177. The van der Waals surface area contributed by atoms with E-state index in [2.05, 4.69) is 24.1 Å². The molecule has 1 aliphatic heterocycles. The van der Waals surface area contributed by atoms with Gasteiger partial charge in [0, 0.05) is 35.9 Å². The van der Waals surface area contributed by atoms with Gasteiger partial charge >= 0.3 is 0 Å². The molecule has 1 N–H and O–H groups in total. The first-order valence-corrected chi connectivity index (χ1v) is 6.96. The third-order valence-electron chi connectivity index (χ3n) is 4.38. The molecule has 3 atom stereocenters. The number of pyridine rings is 1. The van der Waals surface area contributed by atoms with Crippen molar-refractivity contribution in [3.05, 3.63) is 23.5 Å². The lowest BCUT2D eigenvalue weighted by Gasteiger charge is -2.60. The quantitative estimate of drug-likeness (QED) is 0.834. The normalized spacial score (nSPS) is 33.4. The highest BCUT2D eigenvalue weighted by atomic mass is 35.5. The van der Waals surface area contributed by atoms with Crippen molar-refractivity contribution in [1.29, 1.82) is 0 Å². The molecule has 98 valence electrons. The van der Waals surface area contributed by atoms with E-state index in [1.807, 2.05) is 12.1 Å². The van der Waals surface area contributed by atoms with Crippen LogP contribution in [0.5, 0.6) is 0 Å². The third-order valence-corrected chi connectivity index (χ3v) is 4.59. The monoisotopic (exact) mass is 266 g/mol. The highest BCUT2D eigenvalue weighted by Crippen LogP contribution is 2.52. The summed E-state index contributed by atoms with van der Waals surface area (Å²) in [5, 5.41) is 4.14. The Morgan fingerprint density at radius 1 is 1.50 bits per heavy atom. The first-order chi connectivity index (χ1) is 8.59. The topological polar surface area (TPSA) is 34.2 Å². The summed E-state index contributed by atoms with van der Waals surface area (Å²) in [6, 6.07) is 4.31. The molecule has 1 aromatic heterocycles. The van der Waals surface area contributed by atoms with E-state index in [0.29, 0.717) is 23.2 Å². The van der Waals surface area contributed by atoms with E-state index in [4.69, 9.17) is 16.3 Å². The Morgan fingerprint density at radius 3 is 3.11 bits per heavy atom. The minimum Gasteiger partial charge on any atom is -0.381 e. The average Bonchev–Trinajstić information content (AvgIpc) is 2.36. The number of ether oxygens (including phenoxy) is 1. The number of hydrogen-bond acceptors (Lipinski definition) is 3. The van der Waals surface area contributed by atoms with Crippen LogP contribution in [-0.4, -0.2) is 23.7 Å². The number of rotatable bonds is 2. The van der Waals surface area contributed by atoms with Crippen molar-refractivity contribution in [3.8, 4) is 0 Å². The molecule has 4 heteroatoms. The van der Waals surface area contributed by atoms with Crippen LogP contribution in [0.25, 0.3) is 0 Å². The molecule has 3 unspecified atom stereocenters. The summed E-state index contributed by atoms with van der Waals surface area (Å²) >= 11 is 5.92. The molecule has 18 heavy (non-hydrogen) atoms. The predicted octanol–water partition coefficient (Wildman–Crippen LogP) is 3.35. The maximum absolute atomic E-state index is 5.92. The van der Waals surface area contributed by atoms with Crippen LogP contribution < -0.4 is 5.32 Å². The molecular formula is C14H19ClN2O. The Kier molecular flexibility index (Phi) is 2.99. The maximum Gasteiger partial charge on any atom is 0.131 e. The van der Waals surface area contributed by atoms with E-state index in [1.54, 1.807) is 6.20 Å². The molecule has 2 aliphatic rings. The van der Waals surface area contributed by atoms with E-state index >= 15 is 0 Å². The molecule has 1 aliphatic carbocycles. The molecule has 3 rings (SSSR count). The Morgan fingerprint density at radius 2 is 2.33 bits per heavy atom. The maximum atomic E-state index is 5.92. The van der Waals surface area contributed by atoms with Gasteiger partial charge in [-0.1, -0.05) is 25.4 Å². The van der Waals surface area contributed by atoms with Crippen molar-refractivity contribution in [2.75, 3.05) is 11.9 Å². The van der Waals surface area contributed by atoms with Gasteiger partial charge in [-0.05, 0) is 25.0 Å². The lowest BCUT2D eigenvalue weighted by atomic mass is 9.55. The van der Waals surface area contributed by atoms with Gasteiger partial charge in [-0.25, -0.2) is 4.98 Å². The van der Waals surface area contributed by atoms with Crippen LogP contribution in [0, 0.1) is 11.3 Å². The van der Waals surface area contributed by atoms with E-state index in [-0.39, 0.29) is 5.41 Å². The second-order valence-electron chi connectivity index (χ2n) is 5.91. The van der Waals surface area contributed by atoms with Crippen molar-refractivity contribution in [2.45, 2.75) is 38.8 Å². The third kappa shape index (κ3) is 1.90. The molecule has 0 amide bonds. The summed E-state index contributed by atoms with van der Waals surface area (Å²) < 4.78 is 5.91. The van der Waals surface area contributed by atoms with Crippen molar-refractivity contribution < 1.29 is 4.74 Å². The molecule has 2 fully saturated rings. The average molecular weight is 267 g/mol. The van der Waals surface area contributed by atoms with Gasteiger partial charge in [0.05, 0.1) is 6.10 Å². The van der Waals surface area contributed by atoms with Gasteiger partial charge in [-0.2, -0.15) is 0 Å². The van der Waals surface area contributed by atoms with E-state index in [9.17, 15) is 0 Å². The molecule has 1 saturated carbocycles. The standard InChI is InChI=1S/C14H19ClN2O/c1-14(2)12(10-4-3-7-18-13(10)14)17-9-5-6-16-11(15)8-9/h5-6,8,10,12-13H,3-4,7H2,1-2H3,(H,16,17). The molecule has 0 radical (unpaired) electrons. The molecule has 3 nitrogen and oxygen atoms in total. The summed E-state index contributed by atoms with van der Waals surface area (Å²) in [5.41, 5.74) is 1.23. The van der Waals surface area contributed by atoms with Gasteiger partial charge in [-0.3, -0.25) is 0 Å². The summed E-state index contributed by atoms with van der Waals surface area (Å²) in [6.07, 6.45) is 4.57. The van der Waals surface area contributed by atoms with E-state index < -0.39 is 0 Å². The summed E-state index contributed by atoms with van der Waals surface area (Å²) in [4.78, 5) is 4.01. The SMILES string of the molecule is CC1(C)C(Nc2ccnc(Cl)c2)C2CCCOC21. The van der Waals surface area contributed by atoms with Gasteiger partial charge < -0.3 is 10.1 Å². The number of nitrogens with zero attached hydrogens (tertiary/aromatic N) is 1. The fourth-order valence-corrected chi connectivity index (χ4v) is 3.66. The number of anilines is 1. The van der Waals surface area contributed by atoms with Crippen molar-refractivity contribution in [1.82, 2.24) is 4.98 Å². The van der Waals surface area contributed by atoms with Crippen LogP contribution in [-0.2, 0) is 4.74 Å². The Balaban J connectivity index is 1.76. The second kappa shape index (κ2) is 4.39. The highest BCUT2D eigenvalue weighted by Gasteiger charge is 2.57. The molecular weight excluding hydrogens is 248 g/mol. The molecule has 1 saturated heterocycles. The van der Waals surface area contributed by atoms with Crippen molar-refractivity contribution in [2.24, 2.45) is 11.3 Å². The lowest BCUT2D eigenvalue weighted by Crippen LogP contribution is -2.67. The Bertz CT molecular complexity index is 449. The van der Waals surface area contributed by atoms with Crippen molar-refractivity contribution in [3.63, 3.8) is 0 Å². The van der Waals surface area contributed by atoms with Gasteiger partial charge in [-0.15, -0.1) is 0 Å². The number of nitrogens with one attached hydrogen (secondary N) is 1. The van der Waals surface area contributed by atoms with Gasteiger partial charge in [0.15, 0.2) is 0 Å². The molecule has 0 bridgehead atoms. The smallest absolute Gasteiger partial charge is 0.131 e. The predicted molar refractivity (Wildman–Crippen MR) is 72.9 cm³/mol. The summed E-state index contributed by atoms with van der Waals surface area (Å²) in [6.45, 7) is 5.47. The van der Waals surface area contributed by atoms with Crippen LogP contribution in [0.1, 0.15) is 26.7 Å². The van der Waals surface area contributed by atoms with Gasteiger partial charge in [0.1, 0.15) is 5.15 Å². The second-order valence-corrected chi connectivity index (χ2v) is 6.30. The fourth-order valence-electron chi connectivity index (χ4n) is 3.49. The zero-order valence-electron chi connectivity index (χ0n) is 10.8. The summed E-state index contributed by atoms with van der Waals surface area (Å²) in [5.74, 6) is 0.626. The zero-order chi connectivity index (χ0) is 12.8. The van der Waals surface area contributed by atoms with Crippen LogP contribution in [0.15, 0.2) is 18.3 Å². The van der Waals surface area contributed by atoms with Gasteiger partial charge in [0.25, 0.3) is 0 Å². The summed E-state index contributed by atoms with van der Waals surface area (Å²) in [7, 11) is 0. The first-order valence-electron chi connectivity index (χ1n) is 6.59. The molecule has 1 aromatic rings. The Labute approximate surface area is 113 Å². The van der Waals surface area contributed by atoms with E-state index in [1.165, 1.54) is 12.8 Å². The van der Waals surface area contributed by atoms with Crippen LogP contribution in [0.3, 0.4) is 0 Å². The minimum absolute atomic E-state index is 0.181. The first kappa shape index (κ1) is 12.2. The van der Waals surface area contributed by atoms with Crippen LogP contribution >= 0.6 is 11.6 Å². The number of halogens is 1. The number of hydrogen-bond donors (Lipinski definition) is 1. The van der Waals surface area contributed by atoms with Crippen LogP contribution in [0.4, 0.5) is 5.69 Å². The molecule has 2 heterocycles. The van der Waals surface area contributed by atoms with Crippen LogP contribution in [0.2, 0.25) is 5.15 Å². The minimum atomic E-state index is 0.181. The Hall–Kier alpha value is -0.800. The molecule has 0 aromatic carbocycles.